The number of carbonyl (C=O) groups excluding carboxylic acids is 1. The van der Waals surface area contributed by atoms with Crippen LogP contribution in [0.1, 0.15) is 341 Å². The van der Waals surface area contributed by atoms with E-state index in [1.165, 1.54) is 276 Å². The average molecular weight is 949 g/mol. The van der Waals surface area contributed by atoms with Crippen molar-refractivity contribution in [3.63, 3.8) is 0 Å². The van der Waals surface area contributed by atoms with Crippen molar-refractivity contribution < 1.29 is 25.2 Å². The summed E-state index contributed by atoms with van der Waals surface area (Å²) < 4.78 is 0. The van der Waals surface area contributed by atoms with E-state index in [1.54, 1.807) is 0 Å². The van der Waals surface area contributed by atoms with Gasteiger partial charge in [0.05, 0.1) is 18.8 Å². The highest BCUT2D eigenvalue weighted by Gasteiger charge is 2.28. The highest BCUT2D eigenvalue weighted by molar-refractivity contribution is 5.80. The molecular formula is C61H121NO5. The molecule has 400 valence electrons. The summed E-state index contributed by atoms with van der Waals surface area (Å²) >= 11 is 0. The summed E-state index contributed by atoms with van der Waals surface area (Å²) in [6, 6.07) is -0.999. The van der Waals surface area contributed by atoms with Gasteiger partial charge in [-0.2, -0.15) is 0 Å². The summed E-state index contributed by atoms with van der Waals surface area (Å²) in [7, 11) is 0. The zero-order chi connectivity index (χ0) is 48.8. The fourth-order valence-electron chi connectivity index (χ4n) is 9.94. The second-order valence-electron chi connectivity index (χ2n) is 21.4. The molecule has 0 heterocycles. The van der Waals surface area contributed by atoms with E-state index in [2.05, 4.69) is 31.3 Å². The first-order valence-electron chi connectivity index (χ1n) is 30.6. The maximum atomic E-state index is 12.6. The molecule has 67 heavy (non-hydrogen) atoms. The number of amides is 1. The van der Waals surface area contributed by atoms with Crippen LogP contribution in [0.3, 0.4) is 0 Å². The predicted molar refractivity (Wildman–Crippen MR) is 293 cm³/mol. The Morgan fingerprint density at radius 1 is 0.358 bits per heavy atom. The molecule has 0 fully saturated rings. The molecule has 5 N–H and O–H groups in total. The molecule has 0 aromatic heterocycles. The molecule has 0 aromatic carbocycles. The first-order valence-corrected chi connectivity index (χ1v) is 30.6. The predicted octanol–water partition coefficient (Wildman–Crippen LogP) is 18.0. The monoisotopic (exact) mass is 948 g/mol. The van der Waals surface area contributed by atoms with Gasteiger partial charge in [-0.05, 0) is 38.5 Å². The molecule has 0 aromatic rings. The zero-order valence-electron chi connectivity index (χ0n) is 45.4. The molecule has 0 aliphatic carbocycles. The lowest BCUT2D eigenvalue weighted by atomic mass is 10.00. The first kappa shape index (κ1) is 66.0. The summed E-state index contributed by atoms with van der Waals surface area (Å²) in [6.07, 6.45) is 67.4. The van der Waals surface area contributed by atoms with Gasteiger partial charge in [0.2, 0.25) is 5.91 Å². The van der Waals surface area contributed by atoms with Crippen LogP contribution in [0, 0.1) is 0 Å². The topological polar surface area (TPSA) is 110 Å². The molecule has 0 rings (SSSR count). The molecule has 1 amide bonds. The van der Waals surface area contributed by atoms with E-state index in [1.807, 2.05) is 0 Å². The maximum Gasteiger partial charge on any atom is 0.249 e. The van der Waals surface area contributed by atoms with Gasteiger partial charge in [0.25, 0.3) is 0 Å². The summed E-state index contributed by atoms with van der Waals surface area (Å²) in [4.78, 5) is 12.6. The molecule has 4 atom stereocenters. The van der Waals surface area contributed by atoms with E-state index in [0.29, 0.717) is 12.8 Å². The third-order valence-electron chi connectivity index (χ3n) is 14.7. The number of hydrogen-bond acceptors (Lipinski definition) is 5. The summed E-state index contributed by atoms with van der Waals surface area (Å²) in [5.41, 5.74) is 0. The third-order valence-corrected chi connectivity index (χ3v) is 14.7. The van der Waals surface area contributed by atoms with Gasteiger partial charge in [-0.15, -0.1) is 0 Å². The number of carbonyl (C=O) groups is 1. The van der Waals surface area contributed by atoms with Crippen LogP contribution >= 0.6 is 0 Å². The fourth-order valence-corrected chi connectivity index (χ4v) is 9.94. The smallest absolute Gasteiger partial charge is 0.249 e. The van der Waals surface area contributed by atoms with Crippen molar-refractivity contribution in [2.45, 2.75) is 366 Å². The Bertz CT molecular complexity index is 975. The standard InChI is InChI=1S/C61H121NO5/c1-3-5-7-9-11-13-15-17-19-21-23-25-26-27-28-29-30-31-32-33-34-35-37-38-40-42-44-46-48-50-52-54-58(64)60(66)57(56-63)62-61(67)59(65)55-53-51-49-47-45-43-41-39-36-24-22-20-18-16-14-12-10-8-6-4-2/h46,48,57-60,63-66H,3-45,47,49-56H2,1-2H3,(H,62,67)/b48-46+. The second-order valence-corrected chi connectivity index (χ2v) is 21.4. The second kappa shape index (κ2) is 56.0. The molecule has 4 unspecified atom stereocenters. The molecule has 0 saturated heterocycles. The van der Waals surface area contributed by atoms with E-state index in [-0.39, 0.29) is 0 Å². The minimum atomic E-state index is -1.28. The van der Waals surface area contributed by atoms with Gasteiger partial charge in [0.15, 0.2) is 0 Å². The van der Waals surface area contributed by atoms with Crippen LogP contribution in [0.2, 0.25) is 0 Å². The fraction of sp³-hybridized carbons (Fsp3) is 0.951. The quantitative estimate of drug-likeness (QED) is 0.0308. The number of rotatable bonds is 57. The molecule has 0 aliphatic heterocycles. The molecule has 6 heteroatoms. The average Bonchev–Trinajstić information content (AvgIpc) is 3.33. The number of hydrogen-bond donors (Lipinski definition) is 5. The van der Waals surface area contributed by atoms with Crippen molar-refractivity contribution in [2.24, 2.45) is 0 Å². The van der Waals surface area contributed by atoms with Crippen molar-refractivity contribution in [1.82, 2.24) is 5.32 Å². The molecular weight excluding hydrogens is 827 g/mol. The summed E-state index contributed by atoms with van der Waals surface area (Å²) in [5, 5.41) is 44.0. The molecule has 0 spiro atoms. The summed E-state index contributed by atoms with van der Waals surface area (Å²) in [6.45, 7) is 4.09. The summed E-state index contributed by atoms with van der Waals surface area (Å²) in [5.74, 6) is -0.586. The van der Waals surface area contributed by atoms with Gasteiger partial charge in [-0.25, -0.2) is 0 Å². The number of aliphatic hydroxyl groups excluding tert-OH is 4. The van der Waals surface area contributed by atoms with Crippen LogP contribution in [0.25, 0.3) is 0 Å². The first-order chi connectivity index (χ1) is 33.0. The van der Waals surface area contributed by atoms with Crippen molar-refractivity contribution in [3.8, 4) is 0 Å². The van der Waals surface area contributed by atoms with E-state index in [9.17, 15) is 25.2 Å². The van der Waals surface area contributed by atoms with Crippen molar-refractivity contribution >= 4 is 5.91 Å². The lowest BCUT2D eigenvalue weighted by Crippen LogP contribution is -2.53. The Balaban J connectivity index is 3.58. The number of unbranched alkanes of at least 4 members (excludes halogenated alkanes) is 46. The van der Waals surface area contributed by atoms with Gasteiger partial charge in [0, 0.05) is 0 Å². The van der Waals surface area contributed by atoms with Crippen LogP contribution < -0.4 is 5.32 Å². The van der Waals surface area contributed by atoms with Gasteiger partial charge < -0.3 is 25.7 Å². The third kappa shape index (κ3) is 49.8. The molecule has 0 saturated carbocycles. The van der Waals surface area contributed by atoms with E-state index < -0.39 is 36.9 Å². The largest absolute Gasteiger partial charge is 0.394 e. The number of nitrogens with one attached hydrogen (secondary N) is 1. The molecule has 0 aliphatic rings. The van der Waals surface area contributed by atoms with E-state index in [0.717, 1.165) is 38.5 Å². The maximum absolute atomic E-state index is 12.6. The van der Waals surface area contributed by atoms with Crippen LogP contribution in [-0.4, -0.2) is 57.3 Å². The van der Waals surface area contributed by atoms with Crippen molar-refractivity contribution in [3.05, 3.63) is 12.2 Å². The SMILES string of the molecule is CCCCCCCCCCCCCCCCCCCCCCCCCCCC/C=C/CCCC(O)C(O)C(CO)NC(=O)C(O)CCCCCCCCCCCCCCCCCCCCCC. The van der Waals surface area contributed by atoms with E-state index >= 15 is 0 Å². The van der Waals surface area contributed by atoms with Crippen LogP contribution in [0.5, 0.6) is 0 Å². The van der Waals surface area contributed by atoms with Gasteiger partial charge in [-0.1, -0.05) is 315 Å². The van der Waals surface area contributed by atoms with Crippen molar-refractivity contribution in [1.29, 1.82) is 0 Å². The number of aliphatic hydroxyl groups is 4. The van der Waals surface area contributed by atoms with Crippen molar-refractivity contribution in [2.75, 3.05) is 6.61 Å². The molecule has 6 nitrogen and oxygen atoms in total. The highest BCUT2D eigenvalue weighted by atomic mass is 16.3. The van der Waals surface area contributed by atoms with Gasteiger partial charge in [0.1, 0.15) is 12.2 Å². The Labute approximate surface area is 419 Å². The highest BCUT2D eigenvalue weighted by Crippen LogP contribution is 2.19. The zero-order valence-corrected chi connectivity index (χ0v) is 45.4. The minimum Gasteiger partial charge on any atom is -0.394 e. The van der Waals surface area contributed by atoms with Crippen LogP contribution in [0.4, 0.5) is 0 Å². The van der Waals surface area contributed by atoms with E-state index in [4.69, 9.17) is 0 Å². The minimum absolute atomic E-state index is 0.369. The Morgan fingerprint density at radius 2 is 0.612 bits per heavy atom. The van der Waals surface area contributed by atoms with Gasteiger partial charge in [-0.3, -0.25) is 4.79 Å². The molecule has 0 bridgehead atoms. The van der Waals surface area contributed by atoms with Crippen LogP contribution in [-0.2, 0) is 4.79 Å². The molecule has 0 radical (unpaired) electrons. The Morgan fingerprint density at radius 3 is 0.896 bits per heavy atom. The van der Waals surface area contributed by atoms with Crippen LogP contribution in [0.15, 0.2) is 12.2 Å². The normalized spacial score (nSPS) is 13.7. The number of allylic oxidation sites excluding steroid dienone is 2. The Hall–Kier alpha value is -0.950. The van der Waals surface area contributed by atoms with Gasteiger partial charge >= 0.3 is 0 Å². The Kier molecular flexibility index (Phi) is 55.2. The lowest BCUT2D eigenvalue weighted by molar-refractivity contribution is -0.132. The lowest BCUT2D eigenvalue weighted by Gasteiger charge is -2.27.